The first kappa shape index (κ1) is 71.4. The number of ether oxygens (including phenoxy) is 3. The molecule has 0 spiro atoms. The predicted molar refractivity (Wildman–Crippen MR) is 317 cm³/mol. The summed E-state index contributed by atoms with van der Waals surface area (Å²) in [6.45, 7) is 6.70. The van der Waals surface area contributed by atoms with Crippen LogP contribution >= 0.6 is 0 Å². The van der Waals surface area contributed by atoms with Gasteiger partial charge in [0.15, 0.2) is 6.10 Å². The summed E-state index contributed by atoms with van der Waals surface area (Å²) in [6, 6.07) is 0. The van der Waals surface area contributed by atoms with E-state index in [2.05, 4.69) is 20.8 Å². The zero-order valence-corrected chi connectivity index (χ0v) is 50.0. The van der Waals surface area contributed by atoms with Gasteiger partial charge in [-0.25, -0.2) is 0 Å². The summed E-state index contributed by atoms with van der Waals surface area (Å²) < 4.78 is 16.9. The molecule has 73 heavy (non-hydrogen) atoms. The van der Waals surface area contributed by atoms with Crippen molar-refractivity contribution in [2.24, 2.45) is 0 Å². The van der Waals surface area contributed by atoms with Crippen molar-refractivity contribution < 1.29 is 28.6 Å². The van der Waals surface area contributed by atoms with Crippen LogP contribution in [0.25, 0.3) is 0 Å². The highest BCUT2D eigenvalue weighted by Crippen LogP contribution is 2.19. The maximum absolute atomic E-state index is 12.8. The molecule has 0 saturated heterocycles. The van der Waals surface area contributed by atoms with Crippen molar-refractivity contribution in [2.45, 2.75) is 399 Å². The first-order valence-corrected chi connectivity index (χ1v) is 33.5. The zero-order valence-electron chi connectivity index (χ0n) is 50.0. The molecular weight excluding hydrogens is 901 g/mol. The van der Waals surface area contributed by atoms with E-state index in [4.69, 9.17) is 14.2 Å². The van der Waals surface area contributed by atoms with Crippen molar-refractivity contribution in [2.75, 3.05) is 13.2 Å². The second-order valence-corrected chi connectivity index (χ2v) is 23.1. The molecule has 0 aromatic rings. The molecule has 6 heteroatoms. The lowest BCUT2D eigenvalue weighted by Crippen LogP contribution is -2.30. The second kappa shape index (κ2) is 62.9. The van der Waals surface area contributed by atoms with Gasteiger partial charge in [-0.15, -0.1) is 0 Å². The molecule has 0 aliphatic rings. The minimum Gasteiger partial charge on any atom is -0.462 e. The van der Waals surface area contributed by atoms with Gasteiger partial charge in [0, 0.05) is 19.3 Å². The Balaban J connectivity index is 3.93. The molecule has 0 saturated carbocycles. The Bertz CT molecular complexity index is 1090. The van der Waals surface area contributed by atoms with Crippen molar-refractivity contribution >= 4 is 17.9 Å². The maximum atomic E-state index is 12.8. The lowest BCUT2D eigenvalue weighted by Gasteiger charge is -2.18. The molecule has 1 unspecified atom stereocenters. The standard InChI is InChI=1S/C67H130O6/c1-4-7-10-13-16-19-22-23-24-25-26-27-28-29-30-31-32-33-34-35-36-37-38-39-40-41-42-43-46-48-51-54-57-60-66(69)72-63-64(73-67(70)61-58-55-52-49-45-21-18-15-12-9-6-3)62-71-65(68)59-56-53-50-47-44-20-17-14-11-8-5-2/h64H,4-63H2,1-3H3. The Labute approximate surface area is 457 Å². The van der Waals surface area contributed by atoms with Crippen molar-refractivity contribution in [1.82, 2.24) is 0 Å². The molecule has 0 rings (SSSR count). The van der Waals surface area contributed by atoms with Crippen LogP contribution in [0, 0.1) is 0 Å². The highest BCUT2D eigenvalue weighted by Gasteiger charge is 2.19. The molecule has 0 aliphatic carbocycles. The SMILES string of the molecule is CCCCCCCCCCCCCCCCCCCCCCCCCCCCCCCCCCCC(=O)OCC(COC(=O)CCCCCCCCCCCCC)OC(=O)CCCCCCCCCCCCC. The number of hydrogen-bond donors (Lipinski definition) is 0. The molecule has 434 valence electrons. The Morgan fingerprint density at radius 2 is 0.370 bits per heavy atom. The van der Waals surface area contributed by atoms with E-state index >= 15 is 0 Å². The van der Waals surface area contributed by atoms with Gasteiger partial charge in [0.2, 0.25) is 0 Å². The highest BCUT2D eigenvalue weighted by atomic mass is 16.6. The van der Waals surface area contributed by atoms with E-state index in [1.807, 2.05) is 0 Å². The minimum absolute atomic E-state index is 0.0613. The van der Waals surface area contributed by atoms with Crippen molar-refractivity contribution in [3.05, 3.63) is 0 Å². The van der Waals surface area contributed by atoms with Crippen LogP contribution in [0.15, 0.2) is 0 Å². The average molecular weight is 1030 g/mol. The van der Waals surface area contributed by atoms with E-state index in [0.29, 0.717) is 19.3 Å². The topological polar surface area (TPSA) is 78.9 Å². The summed E-state index contributed by atoms with van der Waals surface area (Å²) in [5.41, 5.74) is 0. The van der Waals surface area contributed by atoms with Crippen LogP contribution < -0.4 is 0 Å². The van der Waals surface area contributed by atoms with Crippen LogP contribution in [0.4, 0.5) is 0 Å². The third-order valence-electron chi connectivity index (χ3n) is 15.6. The normalized spacial score (nSPS) is 11.9. The van der Waals surface area contributed by atoms with Crippen molar-refractivity contribution in [3.63, 3.8) is 0 Å². The number of hydrogen-bond acceptors (Lipinski definition) is 6. The van der Waals surface area contributed by atoms with Gasteiger partial charge in [0.25, 0.3) is 0 Å². The van der Waals surface area contributed by atoms with Crippen LogP contribution in [0.5, 0.6) is 0 Å². The molecule has 0 fully saturated rings. The van der Waals surface area contributed by atoms with Crippen molar-refractivity contribution in [3.8, 4) is 0 Å². The molecule has 0 radical (unpaired) electrons. The summed E-state index contributed by atoms with van der Waals surface area (Å²) >= 11 is 0. The molecule has 0 N–H and O–H groups in total. The predicted octanol–water partition coefficient (Wildman–Crippen LogP) is 22.7. The number of rotatable bonds is 63. The molecule has 0 aromatic carbocycles. The van der Waals surface area contributed by atoms with Gasteiger partial charge in [-0.2, -0.15) is 0 Å². The third-order valence-corrected chi connectivity index (χ3v) is 15.6. The Morgan fingerprint density at radius 3 is 0.548 bits per heavy atom. The van der Waals surface area contributed by atoms with Crippen LogP contribution in [0.3, 0.4) is 0 Å². The fraction of sp³-hybridized carbons (Fsp3) is 0.955. The monoisotopic (exact) mass is 1030 g/mol. The molecular formula is C67H130O6. The van der Waals surface area contributed by atoms with Gasteiger partial charge >= 0.3 is 17.9 Å². The maximum Gasteiger partial charge on any atom is 0.306 e. The Kier molecular flexibility index (Phi) is 61.6. The van der Waals surface area contributed by atoms with Crippen molar-refractivity contribution in [1.29, 1.82) is 0 Å². The molecule has 1 atom stereocenters. The fourth-order valence-corrected chi connectivity index (χ4v) is 10.6. The smallest absolute Gasteiger partial charge is 0.306 e. The van der Waals surface area contributed by atoms with Crippen LogP contribution in [0.2, 0.25) is 0 Å². The van der Waals surface area contributed by atoms with E-state index in [1.54, 1.807) is 0 Å². The second-order valence-electron chi connectivity index (χ2n) is 23.1. The van der Waals surface area contributed by atoms with Gasteiger partial charge in [0.1, 0.15) is 13.2 Å². The van der Waals surface area contributed by atoms with Gasteiger partial charge < -0.3 is 14.2 Å². The molecule has 0 amide bonds. The van der Waals surface area contributed by atoms with E-state index in [9.17, 15) is 14.4 Å². The van der Waals surface area contributed by atoms with Crippen LogP contribution in [-0.2, 0) is 28.6 Å². The highest BCUT2D eigenvalue weighted by molar-refractivity contribution is 5.71. The van der Waals surface area contributed by atoms with Gasteiger partial charge in [-0.05, 0) is 19.3 Å². The fourth-order valence-electron chi connectivity index (χ4n) is 10.6. The summed E-state index contributed by atoms with van der Waals surface area (Å²) in [4.78, 5) is 38.1. The first-order valence-electron chi connectivity index (χ1n) is 33.5. The lowest BCUT2D eigenvalue weighted by molar-refractivity contribution is -0.167. The number of carbonyl (C=O) groups excluding carboxylic acids is 3. The minimum atomic E-state index is -0.761. The van der Waals surface area contributed by atoms with Crippen LogP contribution in [-0.4, -0.2) is 37.2 Å². The zero-order chi connectivity index (χ0) is 52.9. The third kappa shape index (κ3) is 61.1. The Morgan fingerprint density at radius 1 is 0.219 bits per heavy atom. The van der Waals surface area contributed by atoms with Gasteiger partial charge in [0.05, 0.1) is 0 Å². The average Bonchev–Trinajstić information content (AvgIpc) is 3.39. The largest absolute Gasteiger partial charge is 0.462 e. The summed E-state index contributed by atoms with van der Waals surface area (Å²) in [5, 5.41) is 0. The summed E-state index contributed by atoms with van der Waals surface area (Å²) in [5.74, 6) is -0.834. The van der Waals surface area contributed by atoms with Gasteiger partial charge in [-0.1, -0.05) is 355 Å². The van der Waals surface area contributed by atoms with E-state index in [-0.39, 0.29) is 31.1 Å². The lowest BCUT2D eigenvalue weighted by atomic mass is 10.0. The first-order chi connectivity index (χ1) is 36.0. The molecule has 0 bridgehead atoms. The molecule has 0 heterocycles. The van der Waals surface area contributed by atoms with E-state index in [1.165, 1.54) is 295 Å². The summed E-state index contributed by atoms with van der Waals surface area (Å²) in [7, 11) is 0. The van der Waals surface area contributed by atoms with E-state index < -0.39 is 6.10 Å². The summed E-state index contributed by atoms with van der Waals surface area (Å²) in [6.07, 6.45) is 73.0. The molecule has 0 aliphatic heterocycles. The van der Waals surface area contributed by atoms with Crippen LogP contribution in [0.1, 0.15) is 393 Å². The number of esters is 3. The molecule has 6 nitrogen and oxygen atoms in total. The van der Waals surface area contributed by atoms with E-state index in [0.717, 1.165) is 57.8 Å². The van der Waals surface area contributed by atoms with Gasteiger partial charge in [-0.3, -0.25) is 14.4 Å². The quantitative estimate of drug-likeness (QED) is 0.0343. The number of carbonyl (C=O) groups is 3. The number of unbranched alkanes of at least 4 members (excludes halogenated alkanes) is 52. The molecule has 0 aromatic heterocycles. The Hall–Kier alpha value is -1.59.